The molecule has 86 valence electrons. The lowest BCUT2D eigenvalue weighted by molar-refractivity contribution is -0.215. The predicted molar refractivity (Wildman–Crippen MR) is 53.9 cm³/mol. The number of hydrogen-bond acceptors (Lipinski definition) is 2. The molecule has 0 aliphatic rings. The fraction of sp³-hybridized carbons (Fsp3) is 0.333. The summed E-state index contributed by atoms with van der Waals surface area (Å²) in [6.45, 7) is 0. The summed E-state index contributed by atoms with van der Waals surface area (Å²) in [6, 6.07) is 5.77. The zero-order chi connectivity index (χ0) is 10.8. The quantitative estimate of drug-likeness (QED) is 0.808. The van der Waals surface area contributed by atoms with Crippen LogP contribution in [0.4, 0.5) is 18.9 Å². The van der Waals surface area contributed by atoms with Crippen LogP contribution < -0.4 is 5.73 Å². The van der Waals surface area contributed by atoms with Crippen molar-refractivity contribution < 1.29 is 17.9 Å². The van der Waals surface area contributed by atoms with Gasteiger partial charge in [0.1, 0.15) is 0 Å². The number of hydrogen-bond donors (Lipinski definition) is 1. The molecular weight excluding hydrogens is 231 g/mol. The van der Waals surface area contributed by atoms with Crippen LogP contribution in [0.25, 0.3) is 0 Å². The van der Waals surface area contributed by atoms with Crippen LogP contribution in [0.2, 0.25) is 0 Å². The molecule has 0 heterocycles. The van der Waals surface area contributed by atoms with Crippen LogP contribution in [-0.2, 0) is 4.74 Å². The molecule has 0 fully saturated rings. The standard InChI is InChI=1S/C9H10F3NO.ClH/c1-14-8(9(10,11)12)6-4-2-3-5-7(6)13;/h2-5,8H,13H2,1H3;1H. The monoisotopic (exact) mass is 241 g/mol. The van der Waals surface area contributed by atoms with Crippen molar-refractivity contribution in [2.24, 2.45) is 0 Å². The molecule has 0 spiro atoms. The summed E-state index contributed by atoms with van der Waals surface area (Å²) in [4.78, 5) is 0. The van der Waals surface area contributed by atoms with E-state index >= 15 is 0 Å². The average molecular weight is 242 g/mol. The van der Waals surface area contributed by atoms with E-state index in [-0.39, 0.29) is 23.7 Å². The van der Waals surface area contributed by atoms with Crippen LogP contribution in [0.15, 0.2) is 24.3 Å². The van der Waals surface area contributed by atoms with E-state index in [1.54, 1.807) is 6.07 Å². The largest absolute Gasteiger partial charge is 0.418 e. The summed E-state index contributed by atoms with van der Waals surface area (Å²) in [5, 5.41) is 0. The molecule has 0 saturated heterocycles. The number of nitrogens with two attached hydrogens (primary N) is 1. The number of anilines is 1. The zero-order valence-electron chi connectivity index (χ0n) is 7.91. The Balaban J connectivity index is 0.00000196. The summed E-state index contributed by atoms with van der Waals surface area (Å²) < 4.78 is 41.6. The number of methoxy groups -OCH3 is 1. The molecule has 0 bridgehead atoms. The Morgan fingerprint density at radius 1 is 1.27 bits per heavy atom. The van der Waals surface area contributed by atoms with Crippen LogP contribution in [0.5, 0.6) is 0 Å². The number of benzene rings is 1. The second kappa shape index (κ2) is 5.23. The molecule has 0 radical (unpaired) electrons. The van der Waals surface area contributed by atoms with E-state index in [1.807, 2.05) is 0 Å². The van der Waals surface area contributed by atoms with Gasteiger partial charge >= 0.3 is 6.18 Å². The predicted octanol–water partition coefficient (Wildman–Crippen LogP) is 2.94. The van der Waals surface area contributed by atoms with Crippen LogP contribution in [0.3, 0.4) is 0 Å². The molecular formula is C9H11ClF3NO. The molecule has 0 amide bonds. The van der Waals surface area contributed by atoms with E-state index in [4.69, 9.17) is 5.73 Å². The minimum atomic E-state index is -4.44. The summed E-state index contributed by atoms with van der Waals surface area (Å²) >= 11 is 0. The molecule has 1 rings (SSSR count). The molecule has 2 nitrogen and oxygen atoms in total. The maximum atomic E-state index is 12.4. The first-order valence-corrected chi connectivity index (χ1v) is 3.90. The van der Waals surface area contributed by atoms with Gasteiger partial charge in [0.05, 0.1) is 0 Å². The van der Waals surface area contributed by atoms with Gasteiger partial charge in [0.15, 0.2) is 6.10 Å². The fourth-order valence-corrected chi connectivity index (χ4v) is 1.19. The Hall–Kier alpha value is -0.940. The van der Waals surface area contributed by atoms with Crippen molar-refractivity contribution in [1.29, 1.82) is 0 Å². The van der Waals surface area contributed by atoms with E-state index in [0.717, 1.165) is 7.11 Å². The number of alkyl halides is 3. The van der Waals surface area contributed by atoms with Gasteiger partial charge in [0.2, 0.25) is 0 Å². The molecule has 1 atom stereocenters. The van der Waals surface area contributed by atoms with Crippen molar-refractivity contribution in [2.45, 2.75) is 12.3 Å². The molecule has 1 aromatic rings. The van der Waals surface area contributed by atoms with Gasteiger partial charge in [-0.2, -0.15) is 13.2 Å². The molecule has 1 aromatic carbocycles. The zero-order valence-corrected chi connectivity index (χ0v) is 8.73. The van der Waals surface area contributed by atoms with Gasteiger partial charge in [-0.1, -0.05) is 18.2 Å². The molecule has 0 saturated carbocycles. The Morgan fingerprint density at radius 3 is 2.20 bits per heavy atom. The number of para-hydroxylation sites is 1. The molecule has 0 aromatic heterocycles. The molecule has 2 N–H and O–H groups in total. The third kappa shape index (κ3) is 3.28. The first kappa shape index (κ1) is 14.1. The molecule has 0 aliphatic heterocycles. The summed E-state index contributed by atoms with van der Waals surface area (Å²) in [5.41, 5.74) is 5.44. The van der Waals surface area contributed by atoms with Gasteiger partial charge in [-0.05, 0) is 6.07 Å². The topological polar surface area (TPSA) is 35.2 Å². The smallest absolute Gasteiger partial charge is 0.398 e. The molecule has 0 aliphatic carbocycles. The van der Waals surface area contributed by atoms with E-state index in [0.29, 0.717) is 0 Å². The Kier molecular flexibility index (Phi) is 4.90. The highest BCUT2D eigenvalue weighted by atomic mass is 35.5. The third-order valence-electron chi connectivity index (χ3n) is 1.81. The second-order valence-corrected chi connectivity index (χ2v) is 2.79. The minimum Gasteiger partial charge on any atom is -0.398 e. The van der Waals surface area contributed by atoms with Gasteiger partial charge in [-0.15, -0.1) is 12.4 Å². The lowest BCUT2D eigenvalue weighted by Crippen LogP contribution is -2.23. The Morgan fingerprint density at radius 2 is 1.80 bits per heavy atom. The van der Waals surface area contributed by atoms with Gasteiger partial charge in [-0.25, -0.2) is 0 Å². The van der Waals surface area contributed by atoms with Crippen LogP contribution in [0, 0.1) is 0 Å². The normalized spacial score (nSPS) is 13.1. The number of ether oxygens (including phenoxy) is 1. The van der Waals surface area contributed by atoms with E-state index in [2.05, 4.69) is 4.74 Å². The minimum absolute atomic E-state index is 0. The van der Waals surface area contributed by atoms with Gasteiger partial charge in [0, 0.05) is 18.4 Å². The van der Waals surface area contributed by atoms with Crippen LogP contribution in [-0.4, -0.2) is 13.3 Å². The fourth-order valence-electron chi connectivity index (χ4n) is 1.19. The third-order valence-corrected chi connectivity index (χ3v) is 1.81. The van der Waals surface area contributed by atoms with Gasteiger partial charge in [0.25, 0.3) is 0 Å². The molecule has 15 heavy (non-hydrogen) atoms. The SMILES string of the molecule is COC(c1ccccc1N)C(F)(F)F.Cl. The summed E-state index contributed by atoms with van der Waals surface area (Å²) in [5.74, 6) is 0. The maximum absolute atomic E-state index is 12.4. The number of halogens is 4. The Labute approximate surface area is 91.6 Å². The number of rotatable bonds is 2. The molecule has 6 heteroatoms. The van der Waals surface area contributed by atoms with Crippen molar-refractivity contribution in [2.75, 3.05) is 12.8 Å². The lowest BCUT2D eigenvalue weighted by Gasteiger charge is -2.20. The highest BCUT2D eigenvalue weighted by molar-refractivity contribution is 5.85. The van der Waals surface area contributed by atoms with E-state index in [1.165, 1.54) is 18.2 Å². The van der Waals surface area contributed by atoms with Crippen molar-refractivity contribution in [1.82, 2.24) is 0 Å². The first-order chi connectivity index (χ1) is 6.46. The van der Waals surface area contributed by atoms with Crippen LogP contribution in [0.1, 0.15) is 11.7 Å². The highest BCUT2D eigenvalue weighted by Crippen LogP contribution is 2.37. The maximum Gasteiger partial charge on any atom is 0.418 e. The second-order valence-electron chi connectivity index (χ2n) is 2.79. The number of nitrogen functional groups attached to an aromatic ring is 1. The van der Waals surface area contributed by atoms with Crippen LogP contribution >= 0.6 is 12.4 Å². The average Bonchev–Trinajstić information content (AvgIpc) is 2.07. The lowest BCUT2D eigenvalue weighted by atomic mass is 10.1. The summed E-state index contributed by atoms with van der Waals surface area (Å²) in [7, 11) is 1.00. The summed E-state index contributed by atoms with van der Waals surface area (Å²) in [6.07, 6.45) is -6.40. The first-order valence-electron chi connectivity index (χ1n) is 3.90. The van der Waals surface area contributed by atoms with Crippen molar-refractivity contribution in [3.05, 3.63) is 29.8 Å². The van der Waals surface area contributed by atoms with E-state index in [9.17, 15) is 13.2 Å². The van der Waals surface area contributed by atoms with Gasteiger partial charge < -0.3 is 10.5 Å². The van der Waals surface area contributed by atoms with Crippen molar-refractivity contribution in [3.8, 4) is 0 Å². The van der Waals surface area contributed by atoms with Crippen molar-refractivity contribution in [3.63, 3.8) is 0 Å². The highest BCUT2D eigenvalue weighted by Gasteiger charge is 2.41. The van der Waals surface area contributed by atoms with Crippen molar-refractivity contribution >= 4 is 18.1 Å². The Bertz CT molecular complexity index is 316. The van der Waals surface area contributed by atoms with Gasteiger partial charge in [-0.3, -0.25) is 0 Å². The molecule has 1 unspecified atom stereocenters. The van der Waals surface area contributed by atoms with E-state index < -0.39 is 12.3 Å².